The fraction of sp³-hybridized carbons (Fsp3) is 0.636. The number of hydrogen-bond acceptors (Lipinski definition) is 5. The first kappa shape index (κ1) is 21.4. The average molecular weight is 404 g/mol. The Morgan fingerprint density at radius 3 is 2.52 bits per heavy atom. The molecule has 7 heteroatoms. The lowest BCUT2D eigenvalue weighted by Crippen LogP contribution is -2.62. The number of carbonyl (C=O) groups is 2. The molecule has 29 heavy (non-hydrogen) atoms. The quantitative estimate of drug-likeness (QED) is 0.820. The van der Waals surface area contributed by atoms with Crippen molar-refractivity contribution in [3.8, 4) is 0 Å². The number of rotatable bonds is 2. The highest BCUT2D eigenvalue weighted by Gasteiger charge is 2.40. The van der Waals surface area contributed by atoms with Crippen LogP contribution in [0, 0.1) is 0 Å². The number of carbonyl (C=O) groups excluding carboxylic acids is 2. The Labute approximate surface area is 173 Å². The van der Waals surface area contributed by atoms with Gasteiger partial charge in [0, 0.05) is 38.3 Å². The van der Waals surface area contributed by atoms with Crippen molar-refractivity contribution < 1.29 is 19.1 Å². The number of nitrogens with one attached hydrogen (secondary N) is 1. The van der Waals surface area contributed by atoms with Gasteiger partial charge in [-0.05, 0) is 45.6 Å². The normalized spacial score (nSPS) is 22.9. The van der Waals surface area contributed by atoms with Crippen LogP contribution < -0.4 is 5.32 Å². The Bertz CT molecular complexity index is 704. The molecule has 2 heterocycles. The van der Waals surface area contributed by atoms with Crippen LogP contribution in [-0.2, 0) is 16.1 Å². The molecule has 0 radical (unpaired) electrons. The smallest absolute Gasteiger partial charge is 0.410 e. The van der Waals surface area contributed by atoms with Crippen LogP contribution >= 0.6 is 0 Å². The van der Waals surface area contributed by atoms with Gasteiger partial charge in [-0.1, -0.05) is 30.3 Å². The van der Waals surface area contributed by atoms with Gasteiger partial charge in [-0.2, -0.15) is 0 Å². The molecule has 2 aliphatic heterocycles. The van der Waals surface area contributed by atoms with Crippen LogP contribution in [0.2, 0.25) is 0 Å². The third-order valence-electron chi connectivity index (χ3n) is 5.43. The van der Waals surface area contributed by atoms with Crippen molar-refractivity contribution >= 4 is 12.2 Å². The molecule has 1 aromatic carbocycles. The second-order valence-electron chi connectivity index (χ2n) is 8.99. The number of amides is 2. The highest BCUT2D eigenvalue weighted by Crippen LogP contribution is 2.27. The molecule has 1 spiro atoms. The van der Waals surface area contributed by atoms with Gasteiger partial charge in [0.25, 0.3) is 0 Å². The van der Waals surface area contributed by atoms with E-state index >= 15 is 0 Å². The molecule has 7 nitrogen and oxygen atoms in total. The topological polar surface area (TPSA) is 71.1 Å². The Morgan fingerprint density at radius 2 is 1.79 bits per heavy atom. The Morgan fingerprint density at radius 1 is 1.03 bits per heavy atom. The first-order chi connectivity index (χ1) is 13.8. The van der Waals surface area contributed by atoms with E-state index in [1.54, 1.807) is 9.80 Å². The van der Waals surface area contributed by atoms with Crippen molar-refractivity contribution in [3.05, 3.63) is 35.9 Å². The highest BCUT2D eigenvalue weighted by molar-refractivity contribution is 5.69. The number of benzene rings is 1. The van der Waals surface area contributed by atoms with E-state index in [4.69, 9.17) is 9.47 Å². The molecular formula is C22H33N3O4. The highest BCUT2D eigenvalue weighted by atomic mass is 16.6. The van der Waals surface area contributed by atoms with Crippen LogP contribution in [0.3, 0.4) is 0 Å². The largest absolute Gasteiger partial charge is 0.445 e. The molecule has 0 aromatic heterocycles. The fourth-order valence-electron chi connectivity index (χ4n) is 3.96. The summed E-state index contributed by atoms with van der Waals surface area (Å²) in [6.45, 7) is 9.19. The zero-order chi connectivity index (χ0) is 20.9. The predicted molar refractivity (Wildman–Crippen MR) is 111 cm³/mol. The molecule has 0 bridgehead atoms. The van der Waals surface area contributed by atoms with Crippen molar-refractivity contribution in [1.82, 2.24) is 15.1 Å². The van der Waals surface area contributed by atoms with E-state index in [9.17, 15) is 9.59 Å². The van der Waals surface area contributed by atoms with Crippen LogP contribution in [-0.4, -0.2) is 65.9 Å². The van der Waals surface area contributed by atoms with Crippen LogP contribution in [0.1, 0.15) is 45.6 Å². The summed E-state index contributed by atoms with van der Waals surface area (Å²) in [4.78, 5) is 28.6. The molecule has 0 unspecified atom stereocenters. The predicted octanol–water partition coefficient (Wildman–Crippen LogP) is 3.39. The van der Waals surface area contributed by atoms with Gasteiger partial charge in [-0.3, -0.25) is 0 Å². The Kier molecular flexibility index (Phi) is 6.67. The summed E-state index contributed by atoms with van der Waals surface area (Å²) in [6, 6.07) is 9.70. The molecule has 3 rings (SSSR count). The lowest BCUT2D eigenvalue weighted by molar-refractivity contribution is 0.0106. The number of piperazine rings is 1. The summed E-state index contributed by atoms with van der Waals surface area (Å²) in [7, 11) is 0. The molecule has 0 saturated carbocycles. The van der Waals surface area contributed by atoms with E-state index in [1.807, 2.05) is 51.1 Å². The second-order valence-corrected chi connectivity index (χ2v) is 8.99. The minimum Gasteiger partial charge on any atom is -0.445 e. The summed E-state index contributed by atoms with van der Waals surface area (Å²) in [6.07, 6.45) is 2.03. The van der Waals surface area contributed by atoms with Gasteiger partial charge in [0.2, 0.25) is 0 Å². The molecular weight excluding hydrogens is 370 g/mol. The van der Waals surface area contributed by atoms with Crippen LogP contribution in [0.25, 0.3) is 0 Å². The maximum absolute atomic E-state index is 12.5. The van der Waals surface area contributed by atoms with Crippen LogP contribution in [0.5, 0.6) is 0 Å². The van der Waals surface area contributed by atoms with Crippen molar-refractivity contribution in [2.75, 3.05) is 32.7 Å². The van der Waals surface area contributed by atoms with Gasteiger partial charge < -0.3 is 24.6 Å². The van der Waals surface area contributed by atoms with Crippen molar-refractivity contribution in [2.45, 2.75) is 57.8 Å². The van der Waals surface area contributed by atoms with E-state index in [0.29, 0.717) is 26.2 Å². The maximum Gasteiger partial charge on any atom is 0.410 e. The molecule has 1 aromatic rings. The Hall–Kier alpha value is -2.28. The van der Waals surface area contributed by atoms with Crippen molar-refractivity contribution in [3.63, 3.8) is 0 Å². The number of nitrogens with zero attached hydrogens (tertiary/aromatic N) is 2. The summed E-state index contributed by atoms with van der Waals surface area (Å²) in [5.74, 6) is 0. The first-order valence-electron chi connectivity index (χ1n) is 10.4. The third kappa shape index (κ3) is 6.10. The average Bonchev–Trinajstić information content (AvgIpc) is 2.88. The second kappa shape index (κ2) is 9.03. The van der Waals surface area contributed by atoms with E-state index in [2.05, 4.69) is 5.32 Å². The summed E-state index contributed by atoms with van der Waals surface area (Å²) in [5, 5.41) is 3.61. The van der Waals surface area contributed by atoms with Gasteiger partial charge in [0.15, 0.2) is 0 Å². The molecule has 1 N–H and O–H groups in total. The maximum atomic E-state index is 12.5. The van der Waals surface area contributed by atoms with E-state index in [1.165, 1.54) is 0 Å². The standard InChI is InChI=1S/C22H33N3O4/c1-21(2,3)29-20(27)25-15-12-23-22(17-25)10-7-13-24(14-11-22)19(26)28-16-18-8-5-4-6-9-18/h4-6,8-9,23H,7,10-17H2,1-3H3/t22-/m0/s1. The molecule has 2 saturated heterocycles. The lowest BCUT2D eigenvalue weighted by Gasteiger charge is -2.43. The SMILES string of the molecule is CC(C)(C)OC(=O)N1CCN[C@]2(CCCN(C(=O)OCc3ccccc3)CC2)C1. The number of hydrogen-bond donors (Lipinski definition) is 1. The summed E-state index contributed by atoms with van der Waals surface area (Å²) < 4.78 is 11.0. The van der Waals surface area contributed by atoms with Crippen LogP contribution in [0.15, 0.2) is 30.3 Å². The molecule has 2 aliphatic rings. The minimum absolute atomic E-state index is 0.177. The molecule has 2 fully saturated rings. The van der Waals surface area contributed by atoms with E-state index < -0.39 is 5.60 Å². The molecule has 1 atom stereocenters. The van der Waals surface area contributed by atoms with Gasteiger partial charge in [-0.25, -0.2) is 9.59 Å². The number of ether oxygens (including phenoxy) is 2. The zero-order valence-electron chi connectivity index (χ0n) is 17.8. The van der Waals surface area contributed by atoms with Gasteiger partial charge in [0.1, 0.15) is 12.2 Å². The fourth-order valence-corrected chi connectivity index (χ4v) is 3.96. The number of likely N-dealkylation sites (tertiary alicyclic amines) is 1. The lowest BCUT2D eigenvalue weighted by atomic mass is 9.88. The van der Waals surface area contributed by atoms with Crippen molar-refractivity contribution in [1.29, 1.82) is 0 Å². The van der Waals surface area contributed by atoms with Gasteiger partial charge in [-0.15, -0.1) is 0 Å². The van der Waals surface area contributed by atoms with E-state index in [-0.39, 0.29) is 24.3 Å². The van der Waals surface area contributed by atoms with Gasteiger partial charge in [0.05, 0.1) is 0 Å². The molecule has 160 valence electrons. The summed E-state index contributed by atoms with van der Waals surface area (Å²) >= 11 is 0. The van der Waals surface area contributed by atoms with Crippen LogP contribution in [0.4, 0.5) is 9.59 Å². The molecule has 2 amide bonds. The third-order valence-corrected chi connectivity index (χ3v) is 5.43. The minimum atomic E-state index is -0.502. The van der Waals surface area contributed by atoms with E-state index in [0.717, 1.165) is 31.4 Å². The van der Waals surface area contributed by atoms with Crippen molar-refractivity contribution in [2.24, 2.45) is 0 Å². The monoisotopic (exact) mass is 403 g/mol. The summed E-state index contributed by atoms with van der Waals surface area (Å²) in [5.41, 5.74) is 0.302. The Balaban J connectivity index is 1.54. The zero-order valence-corrected chi connectivity index (χ0v) is 17.8. The van der Waals surface area contributed by atoms with Gasteiger partial charge >= 0.3 is 12.2 Å². The first-order valence-corrected chi connectivity index (χ1v) is 10.4. The molecule has 0 aliphatic carbocycles.